The van der Waals surface area contributed by atoms with Crippen LogP contribution in [0.2, 0.25) is 0 Å². The Kier molecular flexibility index (Phi) is 3.69. The molecule has 4 nitrogen and oxygen atoms in total. The maximum absolute atomic E-state index is 12.1. The lowest BCUT2D eigenvalue weighted by atomic mass is 10.0. The van der Waals surface area contributed by atoms with Crippen molar-refractivity contribution in [2.24, 2.45) is 0 Å². The summed E-state index contributed by atoms with van der Waals surface area (Å²) >= 11 is 0. The van der Waals surface area contributed by atoms with E-state index in [1.165, 1.54) is 0 Å². The van der Waals surface area contributed by atoms with Gasteiger partial charge in [0, 0.05) is 0 Å². The molecule has 0 aliphatic heterocycles. The molecule has 0 spiro atoms. The highest BCUT2D eigenvalue weighted by Gasteiger charge is 2.37. The number of benzene rings is 1. The van der Waals surface area contributed by atoms with Gasteiger partial charge in [-0.25, -0.2) is 8.42 Å². The van der Waals surface area contributed by atoms with Crippen LogP contribution >= 0.6 is 0 Å². The molecule has 0 saturated heterocycles. The maximum Gasteiger partial charge on any atom is 0.217 e. The van der Waals surface area contributed by atoms with Gasteiger partial charge in [0.05, 0.1) is 11.8 Å². The molecule has 0 amide bonds. The molecule has 0 atom stereocenters. The van der Waals surface area contributed by atoms with Crippen molar-refractivity contribution in [3.63, 3.8) is 0 Å². The topological polar surface area (TPSA) is 70.0 Å². The number of hydrogen-bond donors (Lipinski definition) is 1. The lowest BCUT2D eigenvalue weighted by Gasteiger charge is -2.21. The van der Waals surface area contributed by atoms with Crippen LogP contribution in [0.3, 0.4) is 0 Å². The van der Waals surface area contributed by atoms with Crippen LogP contribution in [0.15, 0.2) is 30.3 Å². The van der Waals surface area contributed by atoms with E-state index in [1.54, 1.807) is 24.3 Å². The highest BCUT2D eigenvalue weighted by molar-refractivity contribution is 7.88. The van der Waals surface area contributed by atoms with Crippen LogP contribution in [0.4, 0.5) is 0 Å². The van der Waals surface area contributed by atoms with Gasteiger partial charge >= 0.3 is 0 Å². The van der Waals surface area contributed by atoms with Crippen LogP contribution in [-0.2, 0) is 15.8 Å². The van der Waals surface area contributed by atoms with E-state index in [4.69, 9.17) is 5.26 Å². The summed E-state index contributed by atoms with van der Waals surface area (Å²) in [4.78, 5) is 0. The third kappa shape index (κ3) is 3.09. The largest absolute Gasteiger partial charge is 0.217 e. The minimum atomic E-state index is -3.46. The molecule has 0 aromatic heterocycles. The van der Waals surface area contributed by atoms with Crippen molar-refractivity contribution in [3.05, 3.63) is 35.9 Å². The molecule has 5 heteroatoms. The fraction of sp³-hybridized carbons (Fsp3) is 0.462. The Hall–Kier alpha value is -1.38. The monoisotopic (exact) mass is 264 g/mol. The number of nitrogens with zero attached hydrogens (tertiary/aromatic N) is 1. The van der Waals surface area contributed by atoms with Crippen LogP contribution in [0.5, 0.6) is 0 Å². The molecular weight excluding hydrogens is 248 g/mol. The number of rotatable bonds is 4. The van der Waals surface area contributed by atoms with Gasteiger partial charge in [0.2, 0.25) is 10.0 Å². The van der Waals surface area contributed by atoms with Crippen LogP contribution in [0, 0.1) is 11.3 Å². The molecule has 1 aromatic carbocycles. The summed E-state index contributed by atoms with van der Waals surface area (Å²) in [5, 5.41) is 9.17. The summed E-state index contributed by atoms with van der Waals surface area (Å²) in [6.45, 7) is 0. The second kappa shape index (κ2) is 5.09. The molecule has 0 bridgehead atoms. The minimum absolute atomic E-state index is 0.0722. The Bertz CT molecular complexity index is 540. The maximum atomic E-state index is 12.1. The van der Waals surface area contributed by atoms with Crippen molar-refractivity contribution in [1.82, 2.24) is 4.72 Å². The first-order valence-corrected chi connectivity index (χ1v) is 7.67. The van der Waals surface area contributed by atoms with Gasteiger partial charge in [-0.2, -0.15) is 9.98 Å². The predicted octanol–water partition coefficient (Wildman–Crippen LogP) is 1.94. The standard InChI is InChI=1S/C13H16N2O2S/c14-11-13(8-4-5-9-13)15-18(16,17)10-12-6-2-1-3-7-12/h1-3,6-7,15H,4-5,8-10H2. The molecule has 1 aliphatic carbocycles. The third-order valence-corrected chi connectivity index (χ3v) is 4.64. The van der Waals surface area contributed by atoms with Crippen LogP contribution in [-0.4, -0.2) is 14.0 Å². The van der Waals surface area contributed by atoms with E-state index in [0.29, 0.717) is 12.8 Å². The summed E-state index contributed by atoms with van der Waals surface area (Å²) in [6.07, 6.45) is 3.03. The highest BCUT2D eigenvalue weighted by Crippen LogP contribution is 2.29. The first kappa shape index (κ1) is 13.1. The average Bonchev–Trinajstić information content (AvgIpc) is 2.78. The Morgan fingerprint density at radius 1 is 1.22 bits per heavy atom. The van der Waals surface area contributed by atoms with Crippen molar-refractivity contribution in [3.8, 4) is 6.07 Å². The summed E-state index contributed by atoms with van der Waals surface area (Å²) in [5.74, 6) is -0.0722. The van der Waals surface area contributed by atoms with E-state index < -0.39 is 15.6 Å². The van der Waals surface area contributed by atoms with E-state index in [1.807, 2.05) is 6.07 Å². The van der Waals surface area contributed by atoms with E-state index in [0.717, 1.165) is 18.4 Å². The fourth-order valence-corrected chi connectivity index (χ4v) is 3.89. The SMILES string of the molecule is N#CC1(NS(=O)(=O)Cc2ccccc2)CCCC1. The minimum Gasteiger partial charge on any atom is -0.212 e. The van der Waals surface area contributed by atoms with Crippen LogP contribution in [0.25, 0.3) is 0 Å². The molecule has 1 aromatic rings. The number of hydrogen-bond acceptors (Lipinski definition) is 3. The Labute approximate surface area is 108 Å². The summed E-state index contributed by atoms with van der Waals surface area (Å²) in [6, 6.07) is 11.1. The van der Waals surface area contributed by atoms with E-state index in [-0.39, 0.29) is 5.75 Å². The van der Waals surface area contributed by atoms with Gasteiger partial charge in [0.25, 0.3) is 0 Å². The first-order valence-electron chi connectivity index (χ1n) is 6.02. The molecule has 96 valence electrons. The smallest absolute Gasteiger partial charge is 0.212 e. The molecule has 18 heavy (non-hydrogen) atoms. The third-order valence-electron chi connectivity index (χ3n) is 3.22. The zero-order valence-corrected chi connectivity index (χ0v) is 10.9. The number of nitrogens with one attached hydrogen (secondary N) is 1. The van der Waals surface area contributed by atoms with Crippen LogP contribution in [0.1, 0.15) is 31.2 Å². The summed E-state index contributed by atoms with van der Waals surface area (Å²) in [7, 11) is -3.46. The average molecular weight is 264 g/mol. The van der Waals surface area contributed by atoms with Crippen molar-refractivity contribution >= 4 is 10.0 Å². The molecular formula is C13H16N2O2S. The normalized spacial score (nSPS) is 18.4. The molecule has 1 N–H and O–H groups in total. The van der Waals surface area contributed by atoms with Gasteiger partial charge in [-0.1, -0.05) is 43.2 Å². The molecule has 0 unspecified atom stereocenters. The summed E-state index contributed by atoms with van der Waals surface area (Å²) in [5.41, 5.74) is -0.149. The quantitative estimate of drug-likeness (QED) is 0.903. The van der Waals surface area contributed by atoms with Gasteiger partial charge in [0.1, 0.15) is 5.54 Å². The van der Waals surface area contributed by atoms with E-state index in [9.17, 15) is 8.42 Å². The van der Waals surface area contributed by atoms with E-state index >= 15 is 0 Å². The first-order chi connectivity index (χ1) is 8.55. The van der Waals surface area contributed by atoms with Gasteiger partial charge in [-0.3, -0.25) is 0 Å². The van der Waals surface area contributed by atoms with Gasteiger partial charge in [-0.05, 0) is 18.4 Å². The molecule has 1 aliphatic rings. The predicted molar refractivity (Wildman–Crippen MR) is 69.0 cm³/mol. The Morgan fingerprint density at radius 3 is 2.39 bits per heavy atom. The van der Waals surface area contributed by atoms with Gasteiger partial charge in [0.15, 0.2) is 0 Å². The zero-order chi connectivity index (χ0) is 13.1. The zero-order valence-electron chi connectivity index (χ0n) is 10.1. The van der Waals surface area contributed by atoms with Crippen LogP contribution < -0.4 is 4.72 Å². The summed E-state index contributed by atoms with van der Waals surface area (Å²) < 4.78 is 26.7. The van der Waals surface area contributed by atoms with Crippen molar-refractivity contribution in [2.45, 2.75) is 37.0 Å². The lowest BCUT2D eigenvalue weighted by Crippen LogP contribution is -2.45. The van der Waals surface area contributed by atoms with Crippen molar-refractivity contribution < 1.29 is 8.42 Å². The van der Waals surface area contributed by atoms with Crippen molar-refractivity contribution in [2.75, 3.05) is 0 Å². The number of nitriles is 1. The van der Waals surface area contributed by atoms with Crippen molar-refractivity contribution in [1.29, 1.82) is 5.26 Å². The molecule has 1 saturated carbocycles. The van der Waals surface area contributed by atoms with Gasteiger partial charge < -0.3 is 0 Å². The Balaban J connectivity index is 2.11. The second-order valence-electron chi connectivity index (χ2n) is 4.75. The molecule has 2 rings (SSSR count). The van der Waals surface area contributed by atoms with Gasteiger partial charge in [-0.15, -0.1) is 0 Å². The molecule has 0 radical (unpaired) electrons. The molecule has 0 heterocycles. The lowest BCUT2D eigenvalue weighted by molar-refractivity contribution is 0.485. The highest BCUT2D eigenvalue weighted by atomic mass is 32.2. The molecule has 1 fully saturated rings. The van der Waals surface area contributed by atoms with E-state index in [2.05, 4.69) is 10.8 Å². The Morgan fingerprint density at radius 2 is 1.83 bits per heavy atom. The number of sulfonamides is 1. The fourth-order valence-electron chi connectivity index (χ4n) is 2.34. The second-order valence-corrected chi connectivity index (χ2v) is 6.47.